The number of carbonyl (C=O) groups excluding carboxylic acids is 2. The van der Waals surface area contributed by atoms with E-state index in [0.29, 0.717) is 10.8 Å². The number of aromatic nitrogens is 5. The molecule has 3 heterocycles. The molecule has 3 N–H and O–H groups in total. The maximum absolute atomic E-state index is 12.8. The average molecular weight is 393 g/mol. The van der Waals surface area contributed by atoms with E-state index in [-0.39, 0.29) is 17.0 Å². The van der Waals surface area contributed by atoms with E-state index in [4.69, 9.17) is 5.73 Å². The number of hydrogen-bond donors (Lipinski definition) is 2. The molecule has 0 spiro atoms. The Hall–Kier alpha value is -3.66. The largest absolute Gasteiger partial charge is 0.364 e. The van der Waals surface area contributed by atoms with E-state index >= 15 is 0 Å². The van der Waals surface area contributed by atoms with Crippen LogP contribution in [0.1, 0.15) is 32.9 Å². The minimum Gasteiger partial charge on any atom is -0.364 e. The van der Waals surface area contributed by atoms with Gasteiger partial charge < -0.3 is 5.73 Å². The van der Waals surface area contributed by atoms with Crippen LogP contribution in [0.3, 0.4) is 0 Å². The number of imidazole rings is 1. The van der Waals surface area contributed by atoms with Gasteiger partial charge in [-0.15, -0.1) is 10.2 Å². The van der Waals surface area contributed by atoms with Gasteiger partial charge in [0.05, 0.1) is 5.69 Å². The zero-order chi connectivity index (χ0) is 19.7. The highest BCUT2D eigenvalue weighted by atomic mass is 32.1. The van der Waals surface area contributed by atoms with Gasteiger partial charge in [0.25, 0.3) is 11.8 Å². The van der Waals surface area contributed by atoms with Crippen LogP contribution in [0.4, 0.5) is 5.13 Å². The van der Waals surface area contributed by atoms with Crippen LogP contribution in [0.5, 0.6) is 0 Å². The van der Waals surface area contributed by atoms with E-state index in [0.717, 1.165) is 17.0 Å². The van der Waals surface area contributed by atoms with Gasteiger partial charge >= 0.3 is 0 Å². The summed E-state index contributed by atoms with van der Waals surface area (Å²) < 4.78 is 1.63. The Balaban J connectivity index is 1.82. The summed E-state index contributed by atoms with van der Waals surface area (Å²) in [4.78, 5) is 32.8. The number of nitrogens with zero attached hydrogens (tertiary/aromatic N) is 5. The summed E-state index contributed by atoms with van der Waals surface area (Å²) in [6.07, 6.45) is 2.19. The summed E-state index contributed by atoms with van der Waals surface area (Å²) in [6, 6.07) is 11.0. The van der Waals surface area contributed by atoms with Crippen LogP contribution in [-0.2, 0) is 6.42 Å². The predicted octanol–water partition coefficient (Wildman–Crippen LogP) is 2.16. The van der Waals surface area contributed by atoms with Crippen LogP contribution in [-0.4, -0.2) is 36.4 Å². The minimum absolute atomic E-state index is 0.00369. The topological polar surface area (TPSA) is 128 Å². The van der Waals surface area contributed by atoms with Gasteiger partial charge in [-0.3, -0.25) is 19.3 Å². The zero-order valence-electron chi connectivity index (χ0n) is 14.8. The van der Waals surface area contributed by atoms with Gasteiger partial charge in [0.2, 0.25) is 5.13 Å². The molecule has 0 aliphatic rings. The lowest BCUT2D eigenvalue weighted by Gasteiger charge is -2.09. The zero-order valence-corrected chi connectivity index (χ0v) is 15.6. The number of amides is 2. The fourth-order valence-corrected chi connectivity index (χ4v) is 3.37. The van der Waals surface area contributed by atoms with Gasteiger partial charge in [0, 0.05) is 0 Å². The average Bonchev–Trinajstić information content (AvgIpc) is 3.34. The first kappa shape index (κ1) is 17.7. The van der Waals surface area contributed by atoms with Crippen LogP contribution in [0.25, 0.3) is 16.9 Å². The maximum atomic E-state index is 12.8. The quantitative estimate of drug-likeness (QED) is 0.535. The lowest BCUT2D eigenvalue weighted by molar-refractivity contribution is 0.0993. The smallest absolute Gasteiger partial charge is 0.276 e. The molecular weight excluding hydrogens is 378 g/mol. The Morgan fingerprint density at radius 3 is 2.68 bits per heavy atom. The molecular formula is C18H15N7O2S. The highest BCUT2D eigenvalue weighted by Crippen LogP contribution is 2.23. The second-order valence-electron chi connectivity index (χ2n) is 5.85. The molecule has 4 rings (SSSR count). The van der Waals surface area contributed by atoms with Gasteiger partial charge in [0.15, 0.2) is 11.3 Å². The van der Waals surface area contributed by atoms with E-state index < -0.39 is 11.8 Å². The van der Waals surface area contributed by atoms with Gasteiger partial charge in [-0.1, -0.05) is 48.6 Å². The molecule has 0 unspecified atom stereocenters. The van der Waals surface area contributed by atoms with E-state index in [1.165, 1.54) is 17.7 Å². The standard InChI is InChI=1S/C18H15N7O2S/c1-2-13-23-24-18(28-13)22-17(27)11-8-12(10-6-4-3-5-7-10)25-9-20-14(15(19)26)16(25)21-11/h3-9H,2H2,1H3,(H2,19,26)(H,22,24,27). The summed E-state index contributed by atoms with van der Waals surface area (Å²) in [5, 5.41) is 11.8. The van der Waals surface area contributed by atoms with Crippen LogP contribution in [0.2, 0.25) is 0 Å². The molecule has 0 aliphatic carbocycles. The summed E-state index contributed by atoms with van der Waals surface area (Å²) in [6.45, 7) is 1.96. The van der Waals surface area contributed by atoms with Crippen molar-refractivity contribution in [2.45, 2.75) is 13.3 Å². The van der Waals surface area contributed by atoms with Gasteiger partial charge in [-0.05, 0) is 18.1 Å². The third-order valence-corrected chi connectivity index (χ3v) is 5.01. The summed E-state index contributed by atoms with van der Waals surface area (Å²) in [7, 11) is 0. The van der Waals surface area contributed by atoms with Crippen LogP contribution >= 0.6 is 11.3 Å². The van der Waals surface area contributed by atoms with Gasteiger partial charge in [-0.2, -0.15) is 0 Å². The van der Waals surface area contributed by atoms with Crippen LogP contribution in [0.15, 0.2) is 42.7 Å². The molecule has 140 valence electrons. The number of anilines is 1. The van der Waals surface area contributed by atoms with Crippen molar-refractivity contribution in [1.29, 1.82) is 0 Å². The van der Waals surface area contributed by atoms with Crippen molar-refractivity contribution in [3.63, 3.8) is 0 Å². The Morgan fingerprint density at radius 2 is 2.00 bits per heavy atom. The van der Waals surface area contributed by atoms with Crippen molar-refractivity contribution in [1.82, 2.24) is 24.6 Å². The number of aryl methyl sites for hydroxylation is 1. The first-order valence-corrected chi connectivity index (χ1v) is 9.25. The molecule has 9 nitrogen and oxygen atoms in total. The molecule has 0 atom stereocenters. The van der Waals surface area contributed by atoms with Crippen molar-refractivity contribution in [2.24, 2.45) is 5.73 Å². The third kappa shape index (κ3) is 3.21. The summed E-state index contributed by atoms with van der Waals surface area (Å²) in [5.41, 5.74) is 7.22. The third-order valence-electron chi connectivity index (χ3n) is 4.03. The fourth-order valence-electron chi connectivity index (χ4n) is 2.70. The minimum atomic E-state index is -0.719. The highest BCUT2D eigenvalue weighted by Gasteiger charge is 2.19. The molecule has 2 amide bonds. The molecule has 0 fully saturated rings. The fraction of sp³-hybridized carbons (Fsp3) is 0.111. The Kier molecular flexibility index (Phi) is 4.53. The summed E-state index contributed by atoms with van der Waals surface area (Å²) >= 11 is 1.30. The Labute approximate surface area is 163 Å². The van der Waals surface area contributed by atoms with Crippen molar-refractivity contribution < 1.29 is 9.59 Å². The van der Waals surface area contributed by atoms with E-state index in [9.17, 15) is 9.59 Å². The van der Waals surface area contributed by atoms with E-state index in [1.54, 1.807) is 10.5 Å². The van der Waals surface area contributed by atoms with Crippen LogP contribution < -0.4 is 11.1 Å². The van der Waals surface area contributed by atoms with Gasteiger partial charge in [-0.25, -0.2) is 9.97 Å². The highest BCUT2D eigenvalue weighted by molar-refractivity contribution is 7.15. The second kappa shape index (κ2) is 7.16. The lowest BCUT2D eigenvalue weighted by Crippen LogP contribution is -2.17. The second-order valence-corrected chi connectivity index (χ2v) is 6.91. The monoisotopic (exact) mass is 393 g/mol. The van der Waals surface area contributed by atoms with Crippen molar-refractivity contribution >= 4 is 33.9 Å². The predicted molar refractivity (Wildman–Crippen MR) is 104 cm³/mol. The molecule has 1 aromatic carbocycles. The molecule has 0 aliphatic heterocycles. The number of primary amides is 1. The lowest BCUT2D eigenvalue weighted by atomic mass is 10.1. The number of benzene rings is 1. The van der Waals surface area contributed by atoms with Gasteiger partial charge in [0.1, 0.15) is 17.0 Å². The Morgan fingerprint density at radius 1 is 1.21 bits per heavy atom. The molecule has 0 saturated carbocycles. The van der Waals surface area contributed by atoms with Crippen molar-refractivity contribution in [2.75, 3.05) is 5.32 Å². The first-order chi connectivity index (χ1) is 13.6. The molecule has 0 saturated heterocycles. The molecule has 4 aromatic rings. The number of fused-ring (bicyclic) bond motifs is 1. The number of rotatable bonds is 5. The normalized spacial score (nSPS) is 10.9. The van der Waals surface area contributed by atoms with Crippen LogP contribution in [0, 0.1) is 0 Å². The SMILES string of the molecule is CCc1nnc(NC(=O)c2cc(-c3ccccc3)n3cnc(C(N)=O)c3n2)s1. The molecule has 0 radical (unpaired) electrons. The number of hydrogen-bond acceptors (Lipinski definition) is 7. The molecule has 28 heavy (non-hydrogen) atoms. The van der Waals surface area contributed by atoms with E-state index in [1.807, 2.05) is 37.3 Å². The van der Waals surface area contributed by atoms with Crippen molar-refractivity contribution in [3.05, 3.63) is 59.1 Å². The Bertz CT molecular complexity index is 1180. The summed E-state index contributed by atoms with van der Waals surface area (Å²) in [5.74, 6) is -1.18. The number of nitrogens with two attached hydrogens (primary N) is 1. The first-order valence-electron chi connectivity index (χ1n) is 8.44. The molecule has 3 aromatic heterocycles. The molecule has 10 heteroatoms. The number of carbonyl (C=O) groups is 2. The number of nitrogens with one attached hydrogen (secondary N) is 1. The molecule has 0 bridgehead atoms. The van der Waals surface area contributed by atoms with E-state index in [2.05, 4.69) is 25.5 Å². The maximum Gasteiger partial charge on any atom is 0.276 e. The van der Waals surface area contributed by atoms with Crippen molar-refractivity contribution in [3.8, 4) is 11.3 Å².